The van der Waals surface area contributed by atoms with Crippen LogP contribution < -0.4 is 4.74 Å². The van der Waals surface area contributed by atoms with Gasteiger partial charge in [0, 0.05) is 23.9 Å². The van der Waals surface area contributed by atoms with Crippen LogP contribution in [-0.4, -0.2) is 16.1 Å². The first-order chi connectivity index (χ1) is 9.62. The average molecular weight is 276 g/mol. The quantitative estimate of drug-likeness (QED) is 0.760. The van der Waals surface area contributed by atoms with Crippen LogP contribution in [0.5, 0.6) is 5.75 Å². The molecule has 1 aromatic carbocycles. The van der Waals surface area contributed by atoms with E-state index in [1.54, 1.807) is 0 Å². The van der Waals surface area contributed by atoms with E-state index in [0.29, 0.717) is 18.1 Å². The lowest BCUT2D eigenvalue weighted by atomic mass is 10.2. The molecule has 1 atom stereocenters. The van der Waals surface area contributed by atoms with Crippen LogP contribution in [0, 0.1) is 5.82 Å². The minimum absolute atomic E-state index is 0.241. The number of benzene rings is 1. The Labute approximate surface area is 117 Å². The van der Waals surface area contributed by atoms with Crippen molar-refractivity contribution in [3.63, 3.8) is 0 Å². The number of aldehydes is 1. The molecule has 0 bridgehead atoms. The summed E-state index contributed by atoms with van der Waals surface area (Å²) in [6.07, 6.45) is 3.48. The highest BCUT2D eigenvalue weighted by Gasteiger charge is 2.06. The molecule has 0 amide bonds. The van der Waals surface area contributed by atoms with Crippen LogP contribution in [0.3, 0.4) is 0 Å². The van der Waals surface area contributed by atoms with Gasteiger partial charge in [0.15, 0.2) is 0 Å². The molecule has 5 heteroatoms. The van der Waals surface area contributed by atoms with E-state index in [-0.39, 0.29) is 12.2 Å². The third-order valence-corrected chi connectivity index (χ3v) is 3.12. The predicted octanol–water partition coefficient (Wildman–Crippen LogP) is 3.38. The fraction of sp³-hybridized carbons (Fsp3) is 0.333. The lowest BCUT2D eigenvalue weighted by molar-refractivity contribution is 0.112. The molecule has 1 aromatic heterocycles. The van der Waals surface area contributed by atoms with Crippen molar-refractivity contribution in [1.29, 1.82) is 0 Å². The van der Waals surface area contributed by atoms with Crippen molar-refractivity contribution >= 4 is 6.29 Å². The number of ether oxygens (including phenoxy) is 1. The van der Waals surface area contributed by atoms with Crippen molar-refractivity contribution in [3.8, 4) is 5.75 Å². The Morgan fingerprint density at radius 2 is 2.25 bits per heavy atom. The van der Waals surface area contributed by atoms with Gasteiger partial charge in [-0.05, 0) is 31.5 Å². The van der Waals surface area contributed by atoms with Crippen LogP contribution in [0.2, 0.25) is 0 Å². The summed E-state index contributed by atoms with van der Waals surface area (Å²) in [6.45, 7) is 4.42. The zero-order chi connectivity index (χ0) is 14.5. The Morgan fingerprint density at radius 3 is 2.95 bits per heavy atom. The molecule has 106 valence electrons. The van der Waals surface area contributed by atoms with Crippen LogP contribution in [-0.2, 0) is 6.61 Å². The first-order valence-electron chi connectivity index (χ1n) is 6.55. The fourth-order valence-electron chi connectivity index (χ4n) is 1.78. The van der Waals surface area contributed by atoms with Crippen LogP contribution in [0.1, 0.15) is 42.4 Å². The van der Waals surface area contributed by atoms with Gasteiger partial charge >= 0.3 is 0 Å². The molecule has 2 rings (SSSR count). The van der Waals surface area contributed by atoms with Gasteiger partial charge in [-0.1, -0.05) is 6.92 Å². The number of aromatic nitrogens is 2. The van der Waals surface area contributed by atoms with E-state index in [9.17, 15) is 9.18 Å². The Bertz CT molecular complexity index is 595. The van der Waals surface area contributed by atoms with Gasteiger partial charge in [-0.25, -0.2) is 4.39 Å². The van der Waals surface area contributed by atoms with E-state index in [1.807, 2.05) is 16.9 Å². The van der Waals surface area contributed by atoms with Gasteiger partial charge < -0.3 is 4.74 Å². The maximum Gasteiger partial charge on any atom is 0.150 e. The summed E-state index contributed by atoms with van der Waals surface area (Å²) in [7, 11) is 0. The predicted molar refractivity (Wildman–Crippen MR) is 73.3 cm³/mol. The van der Waals surface area contributed by atoms with Crippen LogP contribution in [0.15, 0.2) is 30.5 Å². The molecule has 0 aliphatic heterocycles. The van der Waals surface area contributed by atoms with Gasteiger partial charge in [0.1, 0.15) is 24.5 Å². The third-order valence-electron chi connectivity index (χ3n) is 3.12. The summed E-state index contributed by atoms with van der Waals surface area (Å²) >= 11 is 0. The second-order valence-electron chi connectivity index (χ2n) is 4.67. The highest BCUT2D eigenvalue weighted by atomic mass is 19.1. The molecule has 2 aromatic rings. The first kappa shape index (κ1) is 14.2. The van der Waals surface area contributed by atoms with Gasteiger partial charge in [0.25, 0.3) is 0 Å². The largest absolute Gasteiger partial charge is 0.487 e. The minimum Gasteiger partial charge on any atom is -0.487 e. The van der Waals surface area contributed by atoms with E-state index < -0.39 is 5.82 Å². The summed E-state index contributed by atoms with van der Waals surface area (Å²) in [4.78, 5) is 10.7. The zero-order valence-corrected chi connectivity index (χ0v) is 11.5. The number of carbonyl (C=O) groups excluding carboxylic acids is 1. The molecule has 0 saturated carbocycles. The lowest BCUT2D eigenvalue weighted by Gasteiger charge is -2.08. The minimum atomic E-state index is -0.491. The topological polar surface area (TPSA) is 44.1 Å². The summed E-state index contributed by atoms with van der Waals surface area (Å²) in [5.41, 5.74) is 1.02. The highest BCUT2D eigenvalue weighted by Crippen LogP contribution is 2.17. The number of hydrogen-bond acceptors (Lipinski definition) is 3. The number of nitrogens with zero attached hydrogens (tertiary/aromatic N) is 2. The SMILES string of the molecule is CCC(C)n1ccc(COc2cc(F)cc(C=O)c2)n1. The van der Waals surface area contributed by atoms with Crippen molar-refractivity contribution in [2.75, 3.05) is 0 Å². The third kappa shape index (κ3) is 3.44. The van der Waals surface area contributed by atoms with E-state index in [4.69, 9.17) is 4.74 Å². The van der Waals surface area contributed by atoms with Crippen LogP contribution in [0.25, 0.3) is 0 Å². The molecule has 1 heterocycles. The first-order valence-corrected chi connectivity index (χ1v) is 6.55. The van der Waals surface area contributed by atoms with Gasteiger partial charge in [-0.3, -0.25) is 9.48 Å². The summed E-state index contributed by atoms with van der Waals surface area (Å²) in [6, 6.07) is 6.11. The molecule has 0 aliphatic carbocycles. The second kappa shape index (κ2) is 6.32. The van der Waals surface area contributed by atoms with Crippen molar-refractivity contribution in [1.82, 2.24) is 9.78 Å². The van der Waals surface area contributed by atoms with Crippen molar-refractivity contribution in [2.45, 2.75) is 32.9 Å². The van der Waals surface area contributed by atoms with Crippen LogP contribution >= 0.6 is 0 Å². The standard InChI is InChI=1S/C15H17FN2O2/c1-3-11(2)18-5-4-14(17-18)10-20-15-7-12(9-19)6-13(16)8-15/h4-9,11H,3,10H2,1-2H3. The lowest BCUT2D eigenvalue weighted by Crippen LogP contribution is -2.05. The van der Waals surface area contributed by atoms with Crippen molar-refractivity contribution in [2.24, 2.45) is 0 Å². The number of rotatable bonds is 6. The maximum absolute atomic E-state index is 13.2. The normalized spacial score (nSPS) is 12.2. The Kier molecular flexibility index (Phi) is 4.50. The van der Waals surface area contributed by atoms with Crippen molar-refractivity contribution < 1.29 is 13.9 Å². The second-order valence-corrected chi connectivity index (χ2v) is 4.67. The average Bonchev–Trinajstić information content (AvgIpc) is 2.92. The molecule has 1 unspecified atom stereocenters. The van der Waals surface area contributed by atoms with E-state index in [2.05, 4.69) is 18.9 Å². The summed E-state index contributed by atoms with van der Waals surface area (Å²) in [5.74, 6) is -0.167. The highest BCUT2D eigenvalue weighted by molar-refractivity contribution is 5.75. The number of halogens is 1. The Balaban J connectivity index is 2.03. The Morgan fingerprint density at radius 1 is 1.45 bits per heavy atom. The van der Waals surface area contributed by atoms with Gasteiger partial charge in [0.2, 0.25) is 0 Å². The van der Waals surface area contributed by atoms with Gasteiger partial charge in [-0.2, -0.15) is 5.10 Å². The van der Waals surface area contributed by atoms with E-state index in [1.165, 1.54) is 12.1 Å². The number of carbonyl (C=O) groups is 1. The molecule has 0 aliphatic rings. The molecule has 0 N–H and O–H groups in total. The molecule has 4 nitrogen and oxygen atoms in total. The number of hydrogen-bond donors (Lipinski definition) is 0. The van der Waals surface area contributed by atoms with E-state index in [0.717, 1.165) is 18.2 Å². The van der Waals surface area contributed by atoms with E-state index >= 15 is 0 Å². The van der Waals surface area contributed by atoms with Gasteiger partial charge in [-0.15, -0.1) is 0 Å². The summed E-state index contributed by atoms with van der Waals surface area (Å²) < 4.78 is 20.6. The molecule has 20 heavy (non-hydrogen) atoms. The molecule has 0 fully saturated rings. The van der Waals surface area contributed by atoms with Crippen LogP contribution in [0.4, 0.5) is 4.39 Å². The van der Waals surface area contributed by atoms with Crippen molar-refractivity contribution in [3.05, 3.63) is 47.5 Å². The molecule has 0 radical (unpaired) electrons. The smallest absolute Gasteiger partial charge is 0.150 e. The monoisotopic (exact) mass is 276 g/mol. The zero-order valence-electron chi connectivity index (χ0n) is 11.5. The summed E-state index contributed by atoms with van der Waals surface area (Å²) in [5, 5.41) is 4.39. The maximum atomic E-state index is 13.2. The molecular formula is C15H17FN2O2. The molecular weight excluding hydrogens is 259 g/mol. The molecule has 0 saturated heterocycles. The molecule has 0 spiro atoms. The fourth-order valence-corrected chi connectivity index (χ4v) is 1.78. The van der Waals surface area contributed by atoms with Gasteiger partial charge in [0.05, 0.1) is 5.69 Å². The Hall–Kier alpha value is -2.17.